The van der Waals surface area contributed by atoms with Crippen LogP contribution in [0, 0.1) is 28.1 Å². The Morgan fingerprint density at radius 1 is 1.05 bits per heavy atom. The van der Waals surface area contributed by atoms with Crippen molar-refractivity contribution in [2.45, 2.75) is 131 Å². The van der Waals surface area contributed by atoms with E-state index in [0.717, 1.165) is 17.1 Å². The number of esters is 2. The van der Waals surface area contributed by atoms with Crippen molar-refractivity contribution >= 4 is 11.9 Å². The number of rotatable bonds is 7. The van der Waals surface area contributed by atoms with Gasteiger partial charge in [-0.3, -0.25) is 9.59 Å². The van der Waals surface area contributed by atoms with Gasteiger partial charge in [0.05, 0.1) is 0 Å². The van der Waals surface area contributed by atoms with Gasteiger partial charge in [-0.1, -0.05) is 58.4 Å². The predicted octanol–water partition coefficient (Wildman–Crippen LogP) is 8.27. The predicted molar refractivity (Wildman–Crippen MR) is 149 cm³/mol. The van der Waals surface area contributed by atoms with Gasteiger partial charge in [0.15, 0.2) is 0 Å². The fourth-order valence-electron chi connectivity index (χ4n) is 8.22. The zero-order valence-electron chi connectivity index (χ0n) is 24.3. The standard InChI is InChI=1S/C33H50O4/c1-22-26(20-27(36-23(2)34)21-29(22)37-24(3)35)12-11-25-10-8-16-32(7)28(25)13-14-30(32)33(18-19-33)17-9-15-31(4,5)6/h11-12,27-30H,1,8-10,13-21H2,2-7H3/b25-11+,26-12-/t27?,28?,29-,30?,32-/m0/s1. The van der Waals surface area contributed by atoms with E-state index >= 15 is 0 Å². The van der Waals surface area contributed by atoms with Crippen molar-refractivity contribution < 1.29 is 19.1 Å². The molecular formula is C33H50O4. The van der Waals surface area contributed by atoms with Crippen LogP contribution in [0.2, 0.25) is 0 Å². The highest BCUT2D eigenvalue weighted by Gasteiger charge is 2.60. The highest BCUT2D eigenvalue weighted by atomic mass is 16.6. The minimum absolute atomic E-state index is 0.285. The zero-order chi connectivity index (χ0) is 27.0. The highest BCUT2D eigenvalue weighted by molar-refractivity contribution is 5.67. The van der Waals surface area contributed by atoms with Crippen molar-refractivity contribution in [2.24, 2.45) is 28.1 Å². The van der Waals surface area contributed by atoms with E-state index in [4.69, 9.17) is 9.47 Å². The third-order valence-electron chi connectivity index (χ3n) is 10.1. The molecular weight excluding hydrogens is 460 g/mol. The van der Waals surface area contributed by atoms with Crippen LogP contribution >= 0.6 is 0 Å². The first kappa shape index (κ1) is 28.2. The molecule has 4 aliphatic rings. The largest absolute Gasteiger partial charge is 0.462 e. The Morgan fingerprint density at radius 3 is 2.38 bits per heavy atom. The van der Waals surface area contributed by atoms with Crippen LogP contribution in [-0.2, 0) is 19.1 Å². The molecule has 37 heavy (non-hydrogen) atoms. The lowest BCUT2D eigenvalue weighted by atomic mass is 9.59. The van der Waals surface area contributed by atoms with E-state index in [2.05, 4.69) is 46.4 Å². The van der Waals surface area contributed by atoms with Crippen molar-refractivity contribution in [1.82, 2.24) is 0 Å². The summed E-state index contributed by atoms with van der Waals surface area (Å²) in [5.41, 5.74) is 4.90. The second kappa shape index (κ2) is 10.7. The summed E-state index contributed by atoms with van der Waals surface area (Å²) >= 11 is 0. The molecule has 0 N–H and O–H groups in total. The number of hydrogen-bond acceptors (Lipinski definition) is 4. The molecule has 4 fully saturated rings. The maximum Gasteiger partial charge on any atom is 0.303 e. The highest BCUT2D eigenvalue weighted by Crippen LogP contribution is 2.70. The molecule has 0 aromatic carbocycles. The van der Waals surface area contributed by atoms with E-state index in [1.807, 2.05) is 0 Å². The van der Waals surface area contributed by atoms with Crippen molar-refractivity contribution in [3.05, 3.63) is 35.5 Å². The third-order valence-corrected chi connectivity index (χ3v) is 10.1. The molecule has 4 aliphatic carbocycles. The van der Waals surface area contributed by atoms with E-state index < -0.39 is 6.10 Å². The van der Waals surface area contributed by atoms with E-state index in [1.165, 1.54) is 78.1 Å². The van der Waals surface area contributed by atoms with Gasteiger partial charge in [0, 0.05) is 26.7 Å². The first-order valence-corrected chi connectivity index (χ1v) is 14.8. The molecule has 0 aliphatic heterocycles. The first-order valence-electron chi connectivity index (χ1n) is 14.8. The second-order valence-electron chi connectivity index (χ2n) is 14.0. The Hall–Kier alpha value is -1.84. The second-order valence-corrected chi connectivity index (χ2v) is 14.0. The van der Waals surface area contributed by atoms with Crippen LogP contribution in [0.15, 0.2) is 35.5 Å². The van der Waals surface area contributed by atoms with Crippen LogP contribution in [0.25, 0.3) is 0 Å². The van der Waals surface area contributed by atoms with Gasteiger partial charge in [0.25, 0.3) is 0 Å². The van der Waals surface area contributed by atoms with Crippen LogP contribution in [0.4, 0.5) is 0 Å². The third kappa shape index (κ3) is 6.42. The number of carbonyl (C=O) groups is 2. The Morgan fingerprint density at radius 2 is 1.76 bits per heavy atom. The van der Waals surface area contributed by atoms with Gasteiger partial charge >= 0.3 is 11.9 Å². The van der Waals surface area contributed by atoms with Crippen molar-refractivity contribution in [3.8, 4) is 0 Å². The molecule has 4 nitrogen and oxygen atoms in total. The first-order chi connectivity index (χ1) is 17.3. The molecule has 3 unspecified atom stereocenters. The van der Waals surface area contributed by atoms with Gasteiger partial charge in [-0.2, -0.15) is 0 Å². The summed E-state index contributed by atoms with van der Waals surface area (Å²) in [5.74, 6) is 0.887. The maximum atomic E-state index is 11.7. The molecule has 0 saturated heterocycles. The normalized spacial score (nSPS) is 35.4. The van der Waals surface area contributed by atoms with Crippen LogP contribution in [-0.4, -0.2) is 24.1 Å². The molecule has 0 aromatic rings. The summed E-state index contributed by atoms with van der Waals surface area (Å²) in [7, 11) is 0. The van der Waals surface area contributed by atoms with Crippen LogP contribution in [0.5, 0.6) is 0 Å². The molecule has 0 radical (unpaired) electrons. The van der Waals surface area contributed by atoms with Crippen LogP contribution in [0.3, 0.4) is 0 Å². The number of ether oxygens (including phenoxy) is 2. The Kier molecular flexibility index (Phi) is 8.17. The maximum absolute atomic E-state index is 11.7. The molecule has 0 amide bonds. The summed E-state index contributed by atoms with van der Waals surface area (Å²) in [6.45, 7) is 16.8. The summed E-state index contributed by atoms with van der Waals surface area (Å²) in [4.78, 5) is 23.3. The fraction of sp³-hybridized carbons (Fsp3) is 0.758. The van der Waals surface area contributed by atoms with E-state index in [0.29, 0.717) is 35.0 Å². The zero-order valence-corrected chi connectivity index (χ0v) is 24.3. The van der Waals surface area contributed by atoms with Crippen molar-refractivity contribution in [2.75, 3.05) is 0 Å². The average Bonchev–Trinajstić information content (AvgIpc) is 3.45. The van der Waals surface area contributed by atoms with E-state index in [-0.39, 0.29) is 18.0 Å². The minimum Gasteiger partial charge on any atom is -0.462 e. The molecule has 0 spiro atoms. The van der Waals surface area contributed by atoms with Crippen LogP contribution < -0.4 is 0 Å². The number of allylic oxidation sites excluding steroid dienone is 3. The number of fused-ring (bicyclic) bond motifs is 1. The van der Waals surface area contributed by atoms with Crippen molar-refractivity contribution in [3.63, 3.8) is 0 Å². The monoisotopic (exact) mass is 510 g/mol. The summed E-state index contributed by atoms with van der Waals surface area (Å²) in [6, 6.07) is 0. The van der Waals surface area contributed by atoms with Crippen molar-refractivity contribution in [1.29, 1.82) is 0 Å². The molecule has 0 aromatic heterocycles. The lowest BCUT2D eigenvalue weighted by Gasteiger charge is -2.45. The average molecular weight is 511 g/mol. The van der Waals surface area contributed by atoms with Crippen LogP contribution in [0.1, 0.15) is 119 Å². The molecule has 4 rings (SSSR count). The van der Waals surface area contributed by atoms with E-state index in [1.54, 1.807) is 5.57 Å². The van der Waals surface area contributed by atoms with Gasteiger partial charge in [0.2, 0.25) is 0 Å². The quantitative estimate of drug-likeness (QED) is 0.323. The summed E-state index contributed by atoms with van der Waals surface area (Å²) in [6.07, 6.45) is 18.4. The van der Waals surface area contributed by atoms with Gasteiger partial charge in [0.1, 0.15) is 12.2 Å². The van der Waals surface area contributed by atoms with Gasteiger partial charge < -0.3 is 9.47 Å². The minimum atomic E-state index is -0.435. The lowest BCUT2D eigenvalue weighted by molar-refractivity contribution is -0.152. The summed E-state index contributed by atoms with van der Waals surface area (Å²) < 4.78 is 11.1. The number of hydrogen-bond donors (Lipinski definition) is 0. The molecule has 5 atom stereocenters. The number of carbonyl (C=O) groups excluding carboxylic acids is 2. The Bertz CT molecular complexity index is 959. The van der Waals surface area contributed by atoms with Gasteiger partial charge in [-0.05, 0) is 97.0 Å². The smallest absolute Gasteiger partial charge is 0.303 e. The Balaban J connectivity index is 1.51. The molecule has 4 heteroatoms. The summed E-state index contributed by atoms with van der Waals surface area (Å²) in [5, 5.41) is 0. The van der Waals surface area contributed by atoms with E-state index in [9.17, 15) is 9.59 Å². The molecule has 0 bridgehead atoms. The van der Waals surface area contributed by atoms with Gasteiger partial charge in [-0.25, -0.2) is 0 Å². The SMILES string of the molecule is C=C1/C(=C\C=C2/CCC[C@@]3(C)C2CCC3C2(CCCC(C)(C)C)CC2)CC(OC(C)=O)C[C@@H]1OC(C)=O. The van der Waals surface area contributed by atoms with Gasteiger partial charge in [-0.15, -0.1) is 0 Å². The molecule has 206 valence electrons. The fourth-order valence-corrected chi connectivity index (χ4v) is 8.22. The topological polar surface area (TPSA) is 52.6 Å². The molecule has 4 saturated carbocycles. The Labute approximate surface area is 225 Å². The lowest BCUT2D eigenvalue weighted by Crippen LogP contribution is -2.37. The molecule has 0 heterocycles.